The average molecular weight is 213 g/mol. The Morgan fingerprint density at radius 1 is 1.40 bits per heavy atom. The van der Waals surface area contributed by atoms with Crippen molar-refractivity contribution in [2.45, 2.75) is 25.3 Å². The molecule has 0 saturated carbocycles. The van der Waals surface area contributed by atoms with Crippen LogP contribution >= 0.6 is 0 Å². The van der Waals surface area contributed by atoms with Crippen LogP contribution in [0, 0.1) is 0 Å². The molecule has 4 nitrogen and oxygen atoms in total. The summed E-state index contributed by atoms with van der Waals surface area (Å²) < 4.78 is 0. The highest BCUT2D eigenvalue weighted by atomic mass is 16.2. The molecular weight excluding hydrogens is 190 g/mol. The van der Waals surface area contributed by atoms with E-state index < -0.39 is 0 Å². The zero-order chi connectivity index (χ0) is 11.3. The van der Waals surface area contributed by atoms with Gasteiger partial charge >= 0.3 is 0 Å². The highest BCUT2D eigenvalue weighted by Gasteiger charge is 2.18. The van der Waals surface area contributed by atoms with Gasteiger partial charge in [0.2, 0.25) is 5.91 Å². The number of amides is 1. The molecule has 0 aliphatic carbocycles. The molecule has 0 aromatic rings. The Morgan fingerprint density at radius 3 is 2.47 bits per heavy atom. The molecule has 0 spiro atoms. The van der Waals surface area contributed by atoms with Gasteiger partial charge in [-0.25, -0.2) is 0 Å². The van der Waals surface area contributed by atoms with Crippen LogP contribution in [-0.2, 0) is 4.79 Å². The molecule has 1 saturated heterocycles. The van der Waals surface area contributed by atoms with E-state index in [1.807, 2.05) is 21.1 Å². The molecule has 1 fully saturated rings. The van der Waals surface area contributed by atoms with E-state index in [0.29, 0.717) is 12.5 Å². The van der Waals surface area contributed by atoms with Crippen molar-refractivity contribution < 1.29 is 4.79 Å². The van der Waals surface area contributed by atoms with Crippen molar-refractivity contribution in [1.29, 1.82) is 0 Å². The van der Waals surface area contributed by atoms with E-state index in [0.717, 1.165) is 19.6 Å². The van der Waals surface area contributed by atoms with Crippen molar-refractivity contribution in [2.75, 3.05) is 40.8 Å². The molecule has 1 N–H and O–H groups in total. The summed E-state index contributed by atoms with van der Waals surface area (Å²) in [6, 6.07) is 0.672. The van der Waals surface area contributed by atoms with Gasteiger partial charge in [-0.2, -0.15) is 0 Å². The molecule has 1 rings (SSSR count). The van der Waals surface area contributed by atoms with Crippen LogP contribution in [-0.4, -0.2) is 62.5 Å². The quantitative estimate of drug-likeness (QED) is 0.722. The Bertz CT molecular complexity index is 198. The third kappa shape index (κ3) is 4.18. The van der Waals surface area contributed by atoms with E-state index in [1.54, 1.807) is 4.90 Å². The monoisotopic (exact) mass is 213 g/mol. The van der Waals surface area contributed by atoms with Crippen LogP contribution in [0.1, 0.15) is 19.3 Å². The number of carbonyl (C=O) groups excluding carboxylic acids is 1. The zero-order valence-corrected chi connectivity index (χ0v) is 10.1. The molecular formula is C11H23N3O. The molecule has 4 heteroatoms. The van der Waals surface area contributed by atoms with Gasteiger partial charge in [0.05, 0.1) is 0 Å². The summed E-state index contributed by atoms with van der Waals surface area (Å²) in [5.41, 5.74) is 0. The molecule has 0 atom stereocenters. The van der Waals surface area contributed by atoms with Gasteiger partial charge in [-0.3, -0.25) is 4.79 Å². The highest BCUT2D eigenvalue weighted by molar-refractivity contribution is 5.75. The Labute approximate surface area is 92.6 Å². The predicted octanol–water partition coefficient (Wildman–Crippen LogP) is 0.149. The molecule has 88 valence electrons. The van der Waals surface area contributed by atoms with Crippen LogP contribution in [0.4, 0.5) is 0 Å². The Balaban J connectivity index is 2.16. The van der Waals surface area contributed by atoms with Crippen molar-refractivity contribution in [1.82, 2.24) is 15.1 Å². The number of hydrogen-bond donors (Lipinski definition) is 1. The standard InChI is InChI=1S/C11H23N3O/c1-12-10-4-7-14(8-5-10)9-6-11(15)13(2)3/h10,12H,4-9H2,1-3H3. The third-order valence-corrected chi connectivity index (χ3v) is 3.14. The molecule has 0 aromatic carbocycles. The topological polar surface area (TPSA) is 35.6 Å². The van der Waals surface area contributed by atoms with Crippen LogP contribution in [0.2, 0.25) is 0 Å². The van der Waals surface area contributed by atoms with Crippen LogP contribution in [0.15, 0.2) is 0 Å². The number of nitrogens with one attached hydrogen (secondary N) is 1. The fourth-order valence-corrected chi connectivity index (χ4v) is 1.92. The summed E-state index contributed by atoms with van der Waals surface area (Å²) in [5.74, 6) is 0.228. The van der Waals surface area contributed by atoms with E-state index in [1.165, 1.54) is 12.8 Å². The average Bonchev–Trinajstić information content (AvgIpc) is 2.26. The first-order chi connectivity index (χ1) is 7.13. The van der Waals surface area contributed by atoms with Crippen molar-refractivity contribution in [3.8, 4) is 0 Å². The SMILES string of the molecule is CNC1CCN(CCC(=O)N(C)C)CC1. The molecule has 0 bridgehead atoms. The van der Waals surface area contributed by atoms with Crippen molar-refractivity contribution >= 4 is 5.91 Å². The van der Waals surface area contributed by atoms with E-state index in [2.05, 4.69) is 10.2 Å². The molecule has 1 aliphatic heterocycles. The summed E-state index contributed by atoms with van der Waals surface area (Å²) in [6.45, 7) is 3.14. The molecule has 15 heavy (non-hydrogen) atoms. The maximum atomic E-state index is 11.4. The minimum absolute atomic E-state index is 0.228. The summed E-state index contributed by atoms with van der Waals surface area (Å²) in [6.07, 6.45) is 3.05. The first kappa shape index (κ1) is 12.5. The molecule has 1 heterocycles. The van der Waals surface area contributed by atoms with Gasteiger partial charge in [0.15, 0.2) is 0 Å². The summed E-state index contributed by atoms with van der Waals surface area (Å²) in [5, 5.41) is 3.31. The summed E-state index contributed by atoms with van der Waals surface area (Å²) >= 11 is 0. The Morgan fingerprint density at radius 2 is 2.00 bits per heavy atom. The van der Waals surface area contributed by atoms with Crippen molar-refractivity contribution in [2.24, 2.45) is 0 Å². The maximum absolute atomic E-state index is 11.4. The summed E-state index contributed by atoms with van der Waals surface area (Å²) in [4.78, 5) is 15.4. The lowest BCUT2D eigenvalue weighted by Crippen LogP contribution is -2.42. The van der Waals surface area contributed by atoms with Gasteiger partial charge in [0.25, 0.3) is 0 Å². The molecule has 0 radical (unpaired) electrons. The van der Waals surface area contributed by atoms with Gasteiger partial charge in [-0.15, -0.1) is 0 Å². The first-order valence-corrected chi connectivity index (χ1v) is 5.73. The largest absolute Gasteiger partial charge is 0.349 e. The Kier molecular flexibility index (Phi) is 5.05. The molecule has 1 aliphatic rings. The van der Waals surface area contributed by atoms with Crippen LogP contribution in [0.5, 0.6) is 0 Å². The maximum Gasteiger partial charge on any atom is 0.223 e. The van der Waals surface area contributed by atoms with Crippen molar-refractivity contribution in [3.05, 3.63) is 0 Å². The smallest absolute Gasteiger partial charge is 0.223 e. The number of hydrogen-bond acceptors (Lipinski definition) is 3. The van der Waals surface area contributed by atoms with Gasteiger partial charge in [0, 0.05) is 33.1 Å². The second kappa shape index (κ2) is 6.08. The number of nitrogens with zero attached hydrogens (tertiary/aromatic N) is 2. The van der Waals surface area contributed by atoms with Crippen LogP contribution in [0.25, 0.3) is 0 Å². The highest BCUT2D eigenvalue weighted by Crippen LogP contribution is 2.10. The minimum atomic E-state index is 0.228. The lowest BCUT2D eigenvalue weighted by Gasteiger charge is -2.31. The third-order valence-electron chi connectivity index (χ3n) is 3.14. The molecule has 1 amide bonds. The first-order valence-electron chi connectivity index (χ1n) is 5.73. The lowest BCUT2D eigenvalue weighted by molar-refractivity contribution is -0.129. The van der Waals surface area contributed by atoms with Gasteiger partial charge in [-0.1, -0.05) is 0 Å². The van der Waals surface area contributed by atoms with E-state index in [-0.39, 0.29) is 5.91 Å². The Hall–Kier alpha value is -0.610. The number of carbonyl (C=O) groups is 1. The van der Waals surface area contributed by atoms with Crippen molar-refractivity contribution in [3.63, 3.8) is 0 Å². The van der Waals surface area contributed by atoms with Crippen LogP contribution in [0.3, 0.4) is 0 Å². The molecule has 0 unspecified atom stereocenters. The van der Waals surface area contributed by atoms with E-state index >= 15 is 0 Å². The summed E-state index contributed by atoms with van der Waals surface area (Å²) in [7, 11) is 5.65. The fraction of sp³-hybridized carbons (Fsp3) is 0.909. The van der Waals surface area contributed by atoms with E-state index in [9.17, 15) is 4.79 Å². The number of rotatable bonds is 4. The second-order valence-electron chi connectivity index (χ2n) is 4.44. The zero-order valence-electron chi connectivity index (χ0n) is 10.1. The lowest BCUT2D eigenvalue weighted by atomic mass is 10.1. The number of likely N-dealkylation sites (tertiary alicyclic amines) is 1. The second-order valence-corrected chi connectivity index (χ2v) is 4.44. The molecule has 0 aromatic heterocycles. The number of piperidine rings is 1. The predicted molar refractivity (Wildman–Crippen MR) is 61.8 cm³/mol. The normalized spacial score (nSPS) is 19.1. The van der Waals surface area contributed by atoms with Crippen LogP contribution < -0.4 is 5.32 Å². The van der Waals surface area contributed by atoms with Gasteiger partial charge < -0.3 is 15.1 Å². The van der Waals surface area contributed by atoms with Gasteiger partial charge in [-0.05, 0) is 33.0 Å². The fourth-order valence-electron chi connectivity index (χ4n) is 1.92. The van der Waals surface area contributed by atoms with E-state index in [4.69, 9.17) is 0 Å². The minimum Gasteiger partial charge on any atom is -0.349 e. The van der Waals surface area contributed by atoms with Gasteiger partial charge in [0.1, 0.15) is 0 Å².